The monoisotopic (exact) mass is 253 g/mol. The summed E-state index contributed by atoms with van der Waals surface area (Å²) < 4.78 is 0. The topological polar surface area (TPSA) is 23.5 Å². The number of rotatable bonds is 5. The molecule has 2 saturated carbocycles. The lowest BCUT2D eigenvalue weighted by Crippen LogP contribution is -2.50. The third kappa shape index (κ3) is 3.71. The predicted octanol–water partition coefficient (Wildman–Crippen LogP) is 3.58. The maximum Gasteiger partial charge on any atom is 0.0695 e. The van der Waals surface area contributed by atoms with Gasteiger partial charge in [0.15, 0.2) is 0 Å². The molecule has 106 valence electrons. The fraction of sp³-hybridized carbons (Fsp3) is 1.00. The second-order valence-electron chi connectivity index (χ2n) is 6.78. The Balaban J connectivity index is 1.97. The van der Waals surface area contributed by atoms with Gasteiger partial charge in [0.2, 0.25) is 0 Å². The van der Waals surface area contributed by atoms with E-state index in [4.69, 9.17) is 0 Å². The first kappa shape index (κ1) is 14.3. The molecule has 2 heteroatoms. The molecule has 2 aliphatic rings. The van der Waals surface area contributed by atoms with Crippen molar-refractivity contribution in [1.82, 2.24) is 4.90 Å². The Hall–Kier alpha value is -0.0800. The molecule has 2 fully saturated rings. The number of hydrogen-bond acceptors (Lipinski definition) is 2. The quantitative estimate of drug-likeness (QED) is 0.809. The summed E-state index contributed by atoms with van der Waals surface area (Å²) in [6.07, 6.45) is 11.5. The molecular weight excluding hydrogens is 222 g/mol. The number of aliphatic hydroxyl groups excluding tert-OH is 1. The van der Waals surface area contributed by atoms with Crippen molar-refractivity contribution in [3.8, 4) is 0 Å². The maximum absolute atomic E-state index is 10.3. The Labute approximate surface area is 113 Å². The summed E-state index contributed by atoms with van der Waals surface area (Å²) in [4.78, 5) is 2.69. The fourth-order valence-corrected chi connectivity index (χ4v) is 3.74. The van der Waals surface area contributed by atoms with Gasteiger partial charge in [-0.05, 0) is 44.6 Å². The molecule has 0 amide bonds. The van der Waals surface area contributed by atoms with Crippen molar-refractivity contribution >= 4 is 0 Å². The van der Waals surface area contributed by atoms with Crippen LogP contribution in [0.5, 0.6) is 0 Å². The van der Waals surface area contributed by atoms with Crippen LogP contribution in [0.25, 0.3) is 0 Å². The van der Waals surface area contributed by atoms with Crippen LogP contribution in [0.2, 0.25) is 0 Å². The highest BCUT2D eigenvalue weighted by Gasteiger charge is 2.33. The van der Waals surface area contributed by atoms with Crippen LogP contribution in [0.4, 0.5) is 0 Å². The first-order valence-electron chi connectivity index (χ1n) is 8.12. The Bertz CT molecular complexity index is 235. The van der Waals surface area contributed by atoms with Crippen LogP contribution in [0.1, 0.15) is 71.6 Å². The summed E-state index contributed by atoms with van der Waals surface area (Å²) in [5.74, 6) is 0.773. The van der Waals surface area contributed by atoms with E-state index in [-0.39, 0.29) is 6.10 Å². The number of aliphatic hydroxyl groups is 1. The molecule has 2 atom stereocenters. The molecule has 2 unspecified atom stereocenters. The highest BCUT2D eigenvalue weighted by Crippen LogP contribution is 2.31. The van der Waals surface area contributed by atoms with Gasteiger partial charge in [0.1, 0.15) is 0 Å². The number of hydrogen-bond donors (Lipinski definition) is 1. The molecular formula is C16H31NO. The molecule has 18 heavy (non-hydrogen) atoms. The van der Waals surface area contributed by atoms with Gasteiger partial charge in [-0.15, -0.1) is 0 Å². The minimum Gasteiger partial charge on any atom is -0.391 e. The average Bonchev–Trinajstić information content (AvgIpc) is 2.85. The standard InChI is InChI=1S/C16H31NO/c1-13(2)11-12-17(14-7-3-4-8-14)15-9-5-6-10-16(15)18/h13-16,18H,3-12H2,1-2H3. The van der Waals surface area contributed by atoms with Gasteiger partial charge in [-0.2, -0.15) is 0 Å². The van der Waals surface area contributed by atoms with E-state index in [2.05, 4.69) is 18.7 Å². The lowest BCUT2D eigenvalue weighted by atomic mass is 9.89. The van der Waals surface area contributed by atoms with Gasteiger partial charge in [0.05, 0.1) is 6.10 Å². The first-order chi connectivity index (χ1) is 8.68. The van der Waals surface area contributed by atoms with Crippen molar-refractivity contribution in [2.75, 3.05) is 6.54 Å². The van der Waals surface area contributed by atoms with Crippen LogP contribution in [0, 0.1) is 5.92 Å². The Morgan fingerprint density at radius 3 is 2.22 bits per heavy atom. The molecule has 0 aromatic heterocycles. The average molecular weight is 253 g/mol. The first-order valence-corrected chi connectivity index (χ1v) is 8.12. The van der Waals surface area contributed by atoms with E-state index in [0.29, 0.717) is 6.04 Å². The highest BCUT2D eigenvalue weighted by molar-refractivity contribution is 4.89. The van der Waals surface area contributed by atoms with E-state index in [0.717, 1.165) is 18.4 Å². The lowest BCUT2D eigenvalue weighted by molar-refractivity contribution is -0.00291. The van der Waals surface area contributed by atoms with Crippen LogP contribution < -0.4 is 0 Å². The second-order valence-corrected chi connectivity index (χ2v) is 6.78. The summed E-state index contributed by atoms with van der Waals surface area (Å²) in [5.41, 5.74) is 0. The zero-order valence-corrected chi connectivity index (χ0v) is 12.3. The maximum atomic E-state index is 10.3. The van der Waals surface area contributed by atoms with Gasteiger partial charge in [0.25, 0.3) is 0 Å². The van der Waals surface area contributed by atoms with E-state index >= 15 is 0 Å². The molecule has 2 aliphatic carbocycles. The third-order valence-corrected chi connectivity index (χ3v) is 4.88. The SMILES string of the molecule is CC(C)CCN(C1CCCC1)C1CCCCC1O. The predicted molar refractivity (Wildman–Crippen MR) is 76.7 cm³/mol. The molecule has 0 radical (unpaired) electrons. The second kappa shape index (κ2) is 6.91. The molecule has 0 aromatic rings. The van der Waals surface area contributed by atoms with Gasteiger partial charge >= 0.3 is 0 Å². The van der Waals surface area contributed by atoms with Crippen molar-refractivity contribution in [3.63, 3.8) is 0 Å². The highest BCUT2D eigenvalue weighted by atomic mass is 16.3. The van der Waals surface area contributed by atoms with E-state index in [9.17, 15) is 5.11 Å². The lowest BCUT2D eigenvalue weighted by Gasteiger charge is -2.41. The summed E-state index contributed by atoms with van der Waals surface area (Å²) in [6, 6.07) is 1.22. The zero-order chi connectivity index (χ0) is 13.0. The third-order valence-electron chi connectivity index (χ3n) is 4.88. The summed E-state index contributed by atoms with van der Waals surface area (Å²) >= 11 is 0. The summed E-state index contributed by atoms with van der Waals surface area (Å²) in [6.45, 7) is 5.82. The summed E-state index contributed by atoms with van der Waals surface area (Å²) in [5, 5.41) is 10.3. The molecule has 0 aliphatic heterocycles. The van der Waals surface area contributed by atoms with Crippen LogP contribution in [0.15, 0.2) is 0 Å². The molecule has 2 nitrogen and oxygen atoms in total. The van der Waals surface area contributed by atoms with Crippen molar-refractivity contribution < 1.29 is 5.11 Å². The van der Waals surface area contributed by atoms with E-state index in [1.54, 1.807) is 0 Å². The van der Waals surface area contributed by atoms with E-state index in [1.165, 1.54) is 57.9 Å². The Kier molecular flexibility index (Phi) is 5.50. The Morgan fingerprint density at radius 1 is 1.00 bits per heavy atom. The van der Waals surface area contributed by atoms with Gasteiger partial charge in [-0.1, -0.05) is 39.5 Å². The van der Waals surface area contributed by atoms with Crippen LogP contribution in [-0.2, 0) is 0 Å². The molecule has 2 rings (SSSR count). The zero-order valence-electron chi connectivity index (χ0n) is 12.3. The molecule has 0 spiro atoms. The smallest absolute Gasteiger partial charge is 0.0695 e. The van der Waals surface area contributed by atoms with Gasteiger partial charge in [-0.3, -0.25) is 4.90 Å². The Morgan fingerprint density at radius 2 is 1.61 bits per heavy atom. The van der Waals surface area contributed by atoms with Crippen LogP contribution >= 0.6 is 0 Å². The van der Waals surface area contributed by atoms with Crippen molar-refractivity contribution in [1.29, 1.82) is 0 Å². The molecule has 0 heterocycles. The largest absolute Gasteiger partial charge is 0.391 e. The minimum absolute atomic E-state index is 0.0634. The molecule has 0 bridgehead atoms. The van der Waals surface area contributed by atoms with Crippen molar-refractivity contribution in [2.45, 2.75) is 89.8 Å². The normalized spacial score (nSPS) is 30.5. The van der Waals surface area contributed by atoms with Crippen molar-refractivity contribution in [2.24, 2.45) is 5.92 Å². The van der Waals surface area contributed by atoms with Gasteiger partial charge < -0.3 is 5.11 Å². The van der Waals surface area contributed by atoms with Crippen molar-refractivity contribution in [3.05, 3.63) is 0 Å². The van der Waals surface area contributed by atoms with Crippen LogP contribution in [-0.4, -0.2) is 34.7 Å². The molecule has 0 aromatic carbocycles. The molecule has 0 saturated heterocycles. The minimum atomic E-state index is -0.0634. The molecule has 1 N–H and O–H groups in total. The van der Waals surface area contributed by atoms with Gasteiger partial charge in [0, 0.05) is 12.1 Å². The number of nitrogens with zero attached hydrogens (tertiary/aromatic N) is 1. The van der Waals surface area contributed by atoms with E-state index in [1.807, 2.05) is 0 Å². The van der Waals surface area contributed by atoms with Gasteiger partial charge in [-0.25, -0.2) is 0 Å². The van der Waals surface area contributed by atoms with Crippen LogP contribution in [0.3, 0.4) is 0 Å². The van der Waals surface area contributed by atoms with E-state index < -0.39 is 0 Å². The fourth-order valence-electron chi connectivity index (χ4n) is 3.74. The summed E-state index contributed by atoms with van der Waals surface area (Å²) in [7, 11) is 0.